The Bertz CT molecular complexity index is 990. The molecule has 5 nitrogen and oxygen atoms in total. The van der Waals surface area contributed by atoms with Crippen molar-refractivity contribution in [3.05, 3.63) is 58.9 Å². The number of hydrogen-bond acceptors (Lipinski definition) is 5. The fourth-order valence-electron chi connectivity index (χ4n) is 3.70. The van der Waals surface area contributed by atoms with Gasteiger partial charge in [0.1, 0.15) is 40.6 Å². The molecule has 0 amide bonds. The molecule has 176 valence electrons. The van der Waals surface area contributed by atoms with Crippen LogP contribution < -0.4 is 9.47 Å². The van der Waals surface area contributed by atoms with Gasteiger partial charge in [0, 0.05) is 24.8 Å². The van der Waals surface area contributed by atoms with Crippen molar-refractivity contribution < 1.29 is 32.2 Å². The fourth-order valence-corrected chi connectivity index (χ4v) is 3.70. The van der Waals surface area contributed by atoms with Crippen molar-refractivity contribution in [1.29, 1.82) is 5.26 Å². The lowest BCUT2D eigenvalue weighted by molar-refractivity contribution is 0.0116. The Hall–Kier alpha value is -3.05. The maximum atomic E-state index is 14.5. The lowest BCUT2D eigenvalue weighted by Gasteiger charge is -2.28. The maximum absolute atomic E-state index is 14.5. The zero-order valence-electron chi connectivity index (χ0n) is 18.4. The van der Waals surface area contributed by atoms with E-state index in [0.717, 1.165) is 51.2 Å². The maximum Gasteiger partial charge on any atom is 0.346 e. The molecule has 0 radical (unpaired) electrons. The summed E-state index contributed by atoms with van der Waals surface area (Å²) in [5.74, 6) is -4.19. The zero-order chi connectivity index (χ0) is 23.8. The van der Waals surface area contributed by atoms with Gasteiger partial charge in [0.25, 0.3) is 0 Å². The Labute approximate surface area is 191 Å². The Morgan fingerprint density at radius 2 is 1.70 bits per heavy atom. The molecule has 8 heteroatoms. The summed E-state index contributed by atoms with van der Waals surface area (Å²) in [5, 5.41) is 8.69. The van der Waals surface area contributed by atoms with E-state index in [1.54, 1.807) is 0 Å². The van der Waals surface area contributed by atoms with Crippen molar-refractivity contribution in [3.8, 4) is 17.6 Å². The average Bonchev–Trinajstić information content (AvgIpc) is 2.78. The summed E-state index contributed by atoms with van der Waals surface area (Å²) in [4.78, 5) is 12.2. The lowest BCUT2D eigenvalue weighted by atomic mass is 9.88. The first-order chi connectivity index (χ1) is 15.9. The molecule has 0 bridgehead atoms. The molecule has 1 fully saturated rings. The topological polar surface area (TPSA) is 68.6 Å². The summed E-state index contributed by atoms with van der Waals surface area (Å²) in [6.07, 6.45) is 6.39. The SMILES string of the molecule is CCCCO[C@H]1CC[C@H](COc2ccc(C(=O)Oc3cc(F)c(C#N)c(F)c3)c(F)c2)CC1. The summed E-state index contributed by atoms with van der Waals surface area (Å²) in [6, 6.07) is 6.47. The van der Waals surface area contributed by atoms with E-state index in [-0.39, 0.29) is 5.75 Å². The van der Waals surface area contributed by atoms with Gasteiger partial charge >= 0.3 is 5.97 Å². The van der Waals surface area contributed by atoms with Crippen molar-refractivity contribution in [2.24, 2.45) is 5.92 Å². The highest BCUT2D eigenvalue weighted by atomic mass is 19.1. The molecule has 2 aromatic carbocycles. The van der Waals surface area contributed by atoms with Gasteiger partial charge in [-0.1, -0.05) is 13.3 Å². The van der Waals surface area contributed by atoms with E-state index >= 15 is 0 Å². The summed E-state index contributed by atoms with van der Waals surface area (Å²) in [6.45, 7) is 3.37. The van der Waals surface area contributed by atoms with Gasteiger partial charge in [-0.25, -0.2) is 18.0 Å². The van der Waals surface area contributed by atoms with Crippen LogP contribution in [-0.4, -0.2) is 25.3 Å². The fraction of sp³-hybridized carbons (Fsp3) is 0.440. The minimum Gasteiger partial charge on any atom is -0.493 e. The minimum atomic E-state index is -1.17. The first-order valence-electron chi connectivity index (χ1n) is 11.1. The Morgan fingerprint density at radius 1 is 1.03 bits per heavy atom. The number of carbonyl (C=O) groups is 1. The van der Waals surface area contributed by atoms with E-state index in [2.05, 4.69) is 6.92 Å². The third-order valence-corrected chi connectivity index (χ3v) is 5.63. The van der Waals surface area contributed by atoms with Crippen LogP contribution in [0.2, 0.25) is 0 Å². The van der Waals surface area contributed by atoms with Gasteiger partial charge in [0.05, 0.1) is 18.3 Å². The summed E-state index contributed by atoms with van der Waals surface area (Å²) >= 11 is 0. The van der Waals surface area contributed by atoms with E-state index in [9.17, 15) is 18.0 Å². The Balaban J connectivity index is 1.52. The van der Waals surface area contributed by atoms with Crippen molar-refractivity contribution in [1.82, 2.24) is 0 Å². The number of unbranched alkanes of at least 4 members (excludes halogenated alkanes) is 1. The lowest BCUT2D eigenvalue weighted by Crippen LogP contribution is -2.25. The molecular weight excluding hydrogens is 435 g/mol. The molecule has 0 saturated heterocycles. The van der Waals surface area contributed by atoms with E-state index in [4.69, 9.17) is 19.5 Å². The molecule has 0 unspecified atom stereocenters. The molecule has 0 aromatic heterocycles. The second kappa shape index (κ2) is 11.7. The first-order valence-corrected chi connectivity index (χ1v) is 11.1. The quantitative estimate of drug-likeness (QED) is 0.262. The normalized spacial score (nSPS) is 17.9. The van der Waals surface area contributed by atoms with Crippen molar-refractivity contribution in [2.75, 3.05) is 13.2 Å². The predicted octanol–water partition coefficient (Wildman–Crippen LogP) is 5.95. The van der Waals surface area contributed by atoms with Gasteiger partial charge < -0.3 is 14.2 Å². The van der Waals surface area contributed by atoms with Gasteiger partial charge in [-0.05, 0) is 50.2 Å². The number of rotatable bonds is 9. The number of ether oxygens (including phenoxy) is 3. The van der Waals surface area contributed by atoms with Crippen LogP contribution in [0.1, 0.15) is 61.4 Å². The van der Waals surface area contributed by atoms with E-state index in [1.807, 2.05) is 0 Å². The molecule has 33 heavy (non-hydrogen) atoms. The molecule has 0 N–H and O–H groups in total. The number of nitrogens with zero attached hydrogens (tertiary/aromatic N) is 1. The standard InChI is InChI=1S/C25H26F3NO4/c1-2-3-10-31-17-6-4-16(5-7-17)15-32-18-8-9-20(22(26)11-18)25(30)33-19-12-23(27)21(14-29)24(28)13-19/h8-9,11-13,16-17H,2-7,10,15H2,1H3/t16-,17-. The van der Waals surface area contributed by atoms with Crippen LogP contribution in [0.5, 0.6) is 11.5 Å². The molecular formula is C25H26F3NO4. The van der Waals surface area contributed by atoms with Crippen LogP contribution in [0.4, 0.5) is 13.2 Å². The highest BCUT2D eigenvalue weighted by molar-refractivity contribution is 5.91. The van der Waals surface area contributed by atoms with Crippen LogP contribution in [0, 0.1) is 34.7 Å². The molecule has 0 spiro atoms. The summed E-state index contributed by atoms with van der Waals surface area (Å²) in [7, 11) is 0. The molecule has 3 rings (SSSR count). The first kappa shape index (κ1) is 24.6. The number of carbonyl (C=O) groups excluding carboxylic acids is 1. The Kier molecular flexibility index (Phi) is 8.72. The van der Waals surface area contributed by atoms with Gasteiger partial charge in [-0.15, -0.1) is 0 Å². The van der Waals surface area contributed by atoms with Crippen LogP contribution in [0.15, 0.2) is 30.3 Å². The van der Waals surface area contributed by atoms with E-state index in [0.29, 0.717) is 30.8 Å². The molecule has 0 atom stereocenters. The third kappa shape index (κ3) is 6.72. The average molecular weight is 461 g/mol. The third-order valence-electron chi connectivity index (χ3n) is 5.63. The number of esters is 1. The highest BCUT2D eigenvalue weighted by Crippen LogP contribution is 2.28. The van der Waals surface area contributed by atoms with E-state index < -0.39 is 40.3 Å². The Morgan fingerprint density at radius 3 is 2.30 bits per heavy atom. The van der Waals surface area contributed by atoms with Gasteiger partial charge in [-0.2, -0.15) is 5.26 Å². The minimum absolute atomic E-state index is 0.279. The second-order valence-electron chi connectivity index (χ2n) is 8.08. The molecule has 0 heterocycles. The number of benzene rings is 2. The van der Waals surface area contributed by atoms with Crippen molar-refractivity contribution in [3.63, 3.8) is 0 Å². The largest absolute Gasteiger partial charge is 0.493 e. The van der Waals surface area contributed by atoms with Gasteiger partial charge in [0.15, 0.2) is 0 Å². The second-order valence-corrected chi connectivity index (χ2v) is 8.08. The molecule has 1 aliphatic carbocycles. The van der Waals surface area contributed by atoms with Gasteiger partial charge in [-0.3, -0.25) is 0 Å². The molecule has 2 aromatic rings. The summed E-state index contributed by atoms with van der Waals surface area (Å²) in [5.41, 5.74) is -1.20. The molecule has 0 aliphatic heterocycles. The highest BCUT2D eigenvalue weighted by Gasteiger charge is 2.23. The number of halogens is 3. The van der Waals surface area contributed by atoms with Crippen LogP contribution in [-0.2, 0) is 4.74 Å². The molecule has 1 aliphatic rings. The van der Waals surface area contributed by atoms with E-state index in [1.165, 1.54) is 18.2 Å². The summed E-state index contributed by atoms with van der Waals surface area (Å²) < 4.78 is 58.2. The number of nitriles is 1. The van der Waals surface area contributed by atoms with Crippen molar-refractivity contribution in [2.45, 2.75) is 51.6 Å². The van der Waals surface area contributed by atoms with Crippen LogP contribution in [0.25, 0.3) is 0 Å². The zero-order valence-corrected chi connectivity index (χ0v) is 18.4. The smallest absolute Gasteiger partial charge is 0.346 e. The van der Waals surface area contributed by atoms with Gasteiger partial charge in [0.2, 0.25) is 0 Å². The predicted molar refractivity (Wildman–Crippen MR) is 115 cm³/mol. The van der Waals surface area contributed by atoms with Crippen molar-refractivity contribution >= 4 is 5.97 Å². The monoisotopic (exact) mass is 461 g/mol. The number of hydrogen-bond donors (Lipinski definition) is 0. The molecule has 1 saturated carbocycles. The van der Waals surface area contributed by atoms with Crippen LogP contribution >= 0.6 is 0 Å². The van der Waals surface area contributed by atoms with Crippen LogP contribution in [0.3, 0.4) is 0 Å².